The van der Waals surface area contributed by atoms with E-state index in [0.717, 1.165) is 14.0 Å². The molecule has 8 heteroatoms. The Morgan fingerprint density at radius 2 is 1.87 bits per heavy atom. The molecule has 0 aromatic heterocycles. The van der Waals surface area contributed by atoms with Crippen LogP contribution in [0.3, 0.4) is 0 Å². The quantitative estimate of drug-likeness (QED) is 0.645. The summed E-state index contributed by atoms with van der Waals surface area (Å²) in [6, 6.07) is -1.73. The lowest BCUT2D eigenvalue weighted by Gasteiger charge is -2.19. The molecule has 0 aromatic carbocycles. The SMILES string of the molecule is COC(=O)[C@H](NC(=O)C(F)(F)F)[C@H](C)O. The highest BCUT2D eigenvalue weighted by atomic mass is 19.4. The van der Waals surface area contributed by atoms with E-state index >= 15 is 0 Å². The molecule has 0 saturated carbocycles. The van der Waals surface area contributed by atoms with Crippen molar-refractivity contribution in [2.75, 3.05) is 7.11 Å². The predicted molar refractivity (Wildman–Crippen MR) is 41.7 cm³/mol. The van der Waals surface area contributed by atoms with Crippen LogP contribution in [-0.2, 0) is 14.3 Å². The number of alkyl halides is 3. The maximum Gasteiger partial charge on any atom is 0.471 e. The normalized spacial score (nSPS) is 15.3. The standard InChI is InChI=1S/C7H10F3NO4/c1-3(12)4(5(13)15-2)11-6(14)7(8,9)10/h3-4,12H,1-2H3,(H,11,14)/t3-,4+/m0/s1. The summed E-state index contributed by atoms with van der Waals surface area (Å²) < 4.78 is 39.5. The Hall–Kier alpha value is -1.31. The van der Waals surface area contributed by atoms with Gasteiger partial charge in [0.25, 0.3) is 0 Å². The minimum absolute atomic E-state index is 0.928. The van der Waals surface area contributed by atoms with Crippen molar-refractivity contribution in [1.82, 2.24) is 5.32 Å². The Labute approximate surface area is 83.2 Å². The fourth-order valence-electron chi connectivity index (χ4n) is 0.727. The van der Waals surface area contributed by atoms with Crippen molar-refractivity contribution in [1.29, 1.82) is 0 Å². The van der Waals surface area contributed by atoms with Crippen LogP contribution in [0.1, 0.15) is 6.92 Å². The number of hydrogen-bond acceptors (Lipinski definition) is 4. The lowest BCUT2D eigenvalue weighted by Crippen LogP contribution is -2.52. The first-order chi connectivity index (χ1) is 6.70. The van der Waals surface area contributed by atoms with E-state index in [1.165, 1.54) is 5.32 Å². The van der Waals surface area contributed by atoms with Crippen molar-refractivity contribution >= 4 is 11.9 Å². The molecular weight excluding hydrogens is 219 g/mol. The van der Waals surface area contributed by atoms with Gasteiger partial charge < -0.3 is 15.2 Å². The Balaban J connectivity index is 4.57. The fourth-order valence-corrected chi connectivity index (χ4v) is 0.727. The van der Waals surface area contributed by atoms with Gasteiger partial charge in [-0.3, -0.25) is 4.79 Å². The summed E-state index contributed by atoms with van der Waals surface area (Å²) in [4.78, 5) is 21.3. The number of amides is 1. The first kappa shape index (κ1) is 13.7. The summed E-state index contributed by atoms with van der Waals surface area (Å²) in [6.07, 6.45) is -6.59. The monoisotopic (exact) mass is 229 g/mol. The average Bonchev–Trinajstić information content (AvgIpc) is 2.10. The van der Waals surface area contributed by atoms with Gasteiger partial charge in [-0.1, -0.05) is 0 Å². The lowest BCUT2D eigenvalue weighted by atomic mass is 10.2. The third-order valence-electron chi connectivity index (χ3n) is 1.48. The number of nitrogens with one attached hydrogen (secondary N) is 1. The van der Waals surface area contributed by atoms with E-state index in [4.69, 9.17) is 5.11 Å². The Morgan fingerprint density at radius 3 is 2.13 bits per heavy atom. The van der Waals surface area contributed by atoms with E-state index in [-0.39, 0.29) is 0 Å². The van der Waals surface area contributed by atoms with E-state index in [2.05, 4.69) is 4.74 Å². The molecule has 0 saturated heterocycles. The first-order valence-corrected chi connectivity index (χ1v) is 3.83. The second-order valence-corrected chi connectivity index (χ2v) is 2.71. The third kappa shape index (κ3) is 4.15. The van der Waals surface area contributed by atoms with Gasteiger partial charge >= 0.3 is 18.1 Å². The number of esters is 1. The number of halogens is 3. The molecule has 0 unspecified atom stereocenters. The zero-order valence-electron chi connectivity index (χ0n) is 7.96. The number of carbonyl (C=O) groups is 2. The van der Waals surface area contributed by atoms with Crippen molar-refractivity contribution in [3.63, 3.8) is 0 Å². The summed E-state index contributed by atoms with van der Waals surface area (Å²) in [5, 5.41) is 10.3. The van der Waals surface area contributed by atoms with Gasteiger partial charge in [-0.05, 0) is 6.92 Å². The number of carbonyl (C=O) groups excluding carboxylic acids is 2. The van der Waals surface area contributed by atoms with E-state index in [9.17, 15) is 22.8 Å². The van der Waals surface area contributed by atoms with E-state index < -0.39 is 30.2 Å². The van der Waals surface area contributed by atoms with Gasteiger partial charge in [0.15, 0.2) is 6.04 Å². The number of hydrogen-bond donors (Lipinski definition) is 2. The number of aliphatic hydroxyl groups is 1. The van der Waals surface area contributed by atoms with Gasteiger partial charge in [0.05, 0.1) is 13.2 Å². The number of rotatable bonds is 3. The van der Waals surface area contributed by atoms with Gasteiger partial charge in [0, 0.05) is 0 Å². The molecule has 0 aliphatic rings. The molecule has 88 valence electrons. The van der Waals surface area contributed by atoms with Crippen molar-refractivity contribution in [2.24, 2.45) is 0 Å². The largest absolute Gasteiger partial charge is 0.471 e. The van der Waals surface area contributed by atoms with Gasteiger partial charge in [-0.25, -0.2) is 4.79 Å². The molecule has 5 nitrogen and oxygen atoms in total. The second-order valence-electron chi connectivity index (χ2n) is 2.71. The van der Waals surface area contributed by atoms with Crippen molar-refractivity contribution in [3.8, 4) is 0 Å². The molecule has 15 heavy (non-hydrogen) atoms. The van der Waals surface area contributed by atoms with Crippen LogP contribution >= 0.6 is 0 Å². The highest BCUT2D eigenvalue weighted by Gasteiger charge is 2.41. The fraction of sp³-hybridized carbons (Fsp3) is 0.714. The molecular formula is C7H10F3NO4. The second kappa shape index (κ2) is 4.96. The van der Waals surface area contributed by atoms with Crippen LogP contribution in [0.4, 0.5) is 13.2 Å². The minimum atomic E-state index is -5.11. The van der Waals surface area contributed by atoms with Gasteiger partial charge in [-0.2, -0.15) is 13.2 Å². The van der Waals surface area contributed by atoms with E-state index in [1.54, 1.807) is 0 Å². The van der Waals surface area contributed by atoms with Crippen LogP contribution in [0.25, 0.3) is 0 Å². The van der Waals surface area contributed by atoms with Crippen molar-refractivity contribution in [2.45, 2.75) is 25.2 Å². The minimum Gasteiger partial charge on any atom is -0.467 e. The Kier molecular flexibility index (Phi) is 4.53. The molecule has 0 fully saturated rings. The summed E-state index contributed by atoms with van der Waals surface area (Å²) in [5.41, 5.74) is 0. The number of methoxy groups -OCH3 is 1. The average molecular weight is 229 g/mol. The molecule has 0 aliphatic carbocycles. The summed E-state index contributed by atoms with van der Waals surface area (Å²) >= 11 is 0. The smallest absolute Gasteiger partial charge is 0.467 e. The molecule has 0 rings (SSSR count). The highest BCUT2D eigenvalue weighted by Crippen LogP contribution is 2.15. The molecule has 0 aliphatic heterocycles. The highest BCUT2D eigenvalue weighted by molar-refractivity contribution is 5.87. The maximum atomic E-state index is 11.8. The molecule has 0 bridgehead atoms. The molecule has 0 heterocycles. The molecule has 0 aromatic rings. The Morgan fingerprint density at radius 1 is 1.40 bits per heavy atom. The predicted octanol–water partition coefficient (Wildman–Crippen LogP) is -0.413. The summed E-state index contributed by atoms with van der Waals surface area (Å²) in [5.74, 6) is -3.46. The molecule has 2 atom stereocenters. The lowest BCUT2D eigenvalue weighted by molar-refractivity contribution is -0.176. The zero-order chi connectivity index (χ0) is 12.2. The summed E-state index contributed by atoms with van der Waals surface area (Å²) in [7, 11) is 0.928. The van der Waals surface area contributed by atoms with Crippen LogP contribution in [-0.4, -0.2) is 42.4 Å². The first-order valence-electron chi connectivity index (χ1n) is 3.83. The van der Waals surface area contributed by atoms with Crippen LogP contribution in [0, 0.1) is 0 Å². The van der Waals surface area contributed by atoms with Crippen LogP contribution in [0.5, 0.6) is 0 Å². The molecule has 0 spiro atoms. The Bertz CT molecular complexity index is 251. The summed E-state index contributed by atoms with van der Waals surface area (Å²) in [6.45, 7) is 1.05. The van der Waals surface area contributed by atoms with Gasteiger partial charge in [0.1, 0.15) is 0 Å². The van der Waals surface area contributed by atoms with Crippen LogP contribution < -0.4 is 5.32 Å². The van der Waals surface area contributed by atoms with Crippen LogP contribution in [0.15, 0.2) is 0 Å². The van der Waals surface area contributed by atoms with E-state index in [1.807, 2.05) is 0 Å². The van der Waals surface area contributed by atoms with Gasteiger partial charge in [-0.15, -0.1) is 0 Å². The third-order valence-corrected chi connectivity index (χ3v) is 1.48. The van der Waals surface area contributed by atoms with Crippen molar-refractivity contribution in [3.05, 3.63) is 0 Å². The molecule has 1 amide bonds. The number of ether oxygens (including phenoxy) is 1. The molecule has 2 N–H and O–H groups in total. The zero-order valence-corrected chi connectivity index (χ0v) is 7.96. The van der Waals surface area contributed by atoms with Crippen molar-refractivity contribution < 1.29 is 32.6 Å². The topological polar surface area (TPSA) is 75.6 Å². The van der Waals surface area contributed by atoms with Crippen LogP contribution in [0.2, 0.25) is 0 Å². The van der Waals surface area contributed by atoms with Gasteiger partial charge in [0.2, 0.25) is 0 Å². The molecule has 0 radical (unpaired) electrons. The maximum absolute atomic E-state index is 11.8. The van der Waals surface area contributed by atoms with E-state index in [0.29, 0.717) is 0 Å². The number of aliphatic hydroxyl groups excluding tert-OH is 1.